The third kappa shape index (κ3) is 3.68. The fraction of sp³-hybridized carbons (Fsp3) is 0. The van der Waals surface area contributed by atoms with E-state index in [0.717, 1.165) is 21.9 Å². The number of benzene rings is 7. The van der Waals surface area contributed by atoms with Crippen molar-refractivity contribution >= 4 is 75.3 Å². The molecule has 3 aromatic heterocycles. The summed E-state index contributed by atoms with van der Waals surface area (Å²) in [5.74, 6) is 0. The minimum atomic E-state index is 0.924. The van der Waals surface area contributed by atoms with E-state index in [1.165, 1.54) is 69.9 Å². The minimum Gasteiger partial charge on any atom is -0.456 e. The van der Waals surface area contributed by atoms with Crippen LogP contribution in [0.2, 0.25) is 0 Å². The molecule has 0 spiro atoms. The standard InChI is InChI=1S/C42H25NOS/c1-4-10-36-31(7-1)33-22-24-40-41(34-9-3-6-12-39(34)45-40)42(33)43(36)30-20-17-27(18-21-30)26-13-15-28(16-14-26)29-19-23-38-35(25-29)32-8-2-5-11-37(32)44-38/h1-25H. The lowest BCUT2D eigenvalue weighted by Gasteiger charge is -2.11. The van der Waals surface area contributed by atoms with Gasteiger partial charge < -0.3 is 8.98 Å². The quantitative estimate of drug-likeness (QED) is 0.200. The zero-order chi connectivity index (χ0) is 29.5. The first kappa shape index (κ1) is 24.8. The molecule has 0 radical (unpaired) electrons. The lowest BCUT2D eigenvalue weighted by atomic mass is 9.99. The monoisotopic (exact) mass is 591 g/mol. The second kappa shape index (κ2) is 9.43. The van der Waals surface area contributed by atoms with Crippen LogP contribution in [0, 0.1) is 0 Å². The summed E-state index contributed by atoms with van der Waals surface area (Å²) < 4.78 is 11.1. The van der Waals surface area contributed by atoms with Crippen LogP contribution in [0.25, 0.3) is 91.9 Å². The number of hydrogen-bond donors (Lipinski definition) is 0. The van der Waals surface area contributed by atoms with Gasteiger partial charge in [-0.2, -0.15) is 0 Å². The van der Waals surface area contributed by atoms with Crippen LogP contribution < -0.4 is 0 Å². The Kier molecular flexibility index (Phi) is 5.19. The van der Waals surface area contributed by atoms with Gasteiger partial charge in [-0.1, -0.05) is 103 Å². The largest absolute Gasteiger partial charge is 0.456 e. The Morgan fingerprint density at radius 3 is 1.87 bits per heavy atom. The number of aromatic nitrogens is 1. The molecule has 0 unspecified atom stereocenters. The Labute approximate surface area is 263 Å². The average molecular weight is 592 g/mol. The maximum atomic E-state index is 6.04. The first-order chi connectivity index (χ1) is 22.3. The molecule has 10 rings (SSSR count). The zero-order valence-corrected chi connectivity index (χ0v) is 25.0. The second-order valence-electron chi connectivity index (χ2n) is 11.7. The molecule has 0 fully saturated rings. The Hall–Kier alpha value is -5.64. The molecule has 0 bridgehead atoms. The van der Waals surface area contributed by atoms with Crippen molar-refractivity contribution in [1.29, 1.82) is 0 Å². The van der Waals surface area contributed by atoms with E-state index < -0.39 is 0 Å². The molecule has 0 aliphatic carbocycles. The molecule has 10 aromatic rings. The molecule has 0 aliphatic rings. The van der Waals surface area contributed by atoms with Gasteiger partial charge in [0.1, 0.15) is 11.2 Å². The van der Waals surface area contributed by atoms with Crippen molar-refractivity contribution in [3.05, 3.63) is 152 Å². The molecule has 7 aromatic carbocycles. The van der Waals surface area contributed by atoms with E-state index in [0.29, 0.717) is 0 Å². The van der Waals surface area contributed by atoms with E-state index >= 15 is 0 Å². The lowest BCUT2D eigenvalue weighted by molar-refractivity contribution is 0.669. The molecular formula is C42H25NOS. The summed E-state index contributed by atoms with van der Waals surface area (Å²) in [7, 11) is 0. The van der Waals surface area contributed by atoms with Crippen molar-refractivity contribution in [3.8, 4) is 27.9 Å². The summed E-state index contributed by atoms with van der Waals surface area (Å²) in [4.78, 5) is 0. The zero-order valence-electron chi connectivity index (χ0n) is 24.2. The SMILES string of the molecule is c1ccc2c(c1)oc1ccc(-c3ccc(-c4ccc(-n5c6ccccc6c6ccc7sc8ccccc8c7c65)cc4)cc3)cc12. The molecule has 0 saturated heterocycles. The van der Waals surface area contributed by atoms with Crippen molar-refractivity contribution < 1.29 is 4.42 Å². The van der Waals surface area contributed by atoms with Gasteiger partial charge in [0.05, 0.1) is 11.0 Å². The predicted octanol–water partition coefficient (Wildman–Crippen LogP) is 12.4. The van der Waals surface area contributed by atoms with Crippen LogP contribution in [0.4, 0.5) is 0 Å². The fourth-order valence-electron chi connectivity index (χ4n) is 7.10. The highest BCUT2D eigenvalue weighted by atomic mass is 32.1. The van der Waals surface area contributed by atoms with Crippen LogP contribution in [-0.4, -0.2) is 4.57 Å². The topological polar surface area (TPSA) is 18.1 Å². The summed E-state index contributed by atoms with van der Waals surface area (Å²) in [6.07, 6.45) is 0. The molecule has 210 valence electrons. The summed E-state index contributed by atoms with van der Waals surface area (Å²) >= 11 is 1.87. The minimum absolute atomic E-state index is 0.924. The van der Waals surface area contributed by atoms with Gasteiger partial charge in [0, 0.05) is 47.4 Å². The number of furan rings is 1. The van der Waals surface area contributed by atoms with E-state index in [1.807, 2.05) is 23.5 Å². The fourth-order valence-corrected chi connectivity index (χ4v) is 8.21. The molecule has 0 saturated carbocycles. The summed E-state index contributed by atoms with van der Waals surface area (Å²) in [5.41, 5.74) is 10.3. The van der Waals surface area contributed by atoms with Crippen molar-refractivity contribution in [2.24, 2.45) is 0 Å². The maximum absolute atomic E-state index is 6.04. The van der Waals surface area contributed by atoms with Gasteiger partial charge in [-0.25, -0.2) is 0 Å². The van der Waals surface area contributed by atoms with Gasteiger partial charge in [0.15, 0.2) is 0 Å². The van der Waals surface area contributed by atoms with E-state index in [2.05, 4.69) is 144 Å². The highest BCUT2D eigenvalue weighted by molar-refractivity contribution is 7.26. The van der Waals surface area contributed by atoms with Crippen LogP contribution in [0.1, 0.15) is 0 Å². The third-order valence-corrected chi connectivity index (χ3v) is 10.4. The molecule has 45 heavy (non-hydrogen) atoms. The van der Waals surface area contributed by atoms with Crippen LogP contribution in [0.15, 0.2) is 156 Å². The molecule has 0 N–H and O–H groups in total. The molecule has 3 heterocycles. The van der Waals surface area contributed by atoms with Crippen LogP contribution in [0.3, 0.4) is 0 Å². The van der Waals surface area contributed by atoms with Gasteiger partial charge in [-0.15, -0.1) is 11.3 Å². The van der Waals surface area contributed by atoms with Crippen LogP contribution in [-0.2, 0) is 0 Å². The predicted molar refractivity (Wildman–Crippen MR) is 192 cm³/mol. The summed E-state index contributed by atoms with van der Waals surface area (Å²) in [5, 5.41) is 7.55. The Morgan fingerprint density at radius 1 is 0.422 bits per heavy atom. The maximum Gasteiger partial charge on any atom is 0.135 e. The first-order valence-corrected chi connectivity index (χ1v) is 16.1. The smallest absolute Gasteiger partial charge is 0.135 e. The highest BCUT2D eigenvalue weighted by Crippen LogP contribution is 2.43. The van der Waals surface area contributed by atoms with Gasteiger partial charge in [-0.05, 0) is 70.8 Å². The van der Waals surface area contributed by atoms with Crippen molar-refractivity contribution in [2.45, 2.75) is 0 Å². The van der Waals surface area contributed by atoms with Gasteiger partial charge in [-0.3, -0.25) is 0 Å². The van der Waals surface area contributed by atoms with E-state index in [4.69, 9.17) is 4.42 Å². The summed E-state index contributed by atoms with van der Waals surface area (Å²) in [6.45, 7) is 0. The highest BCUT2D eigenvalue weighted by Gasteiger charge is 2.18. The second-order valence-corrected chi connectivity index (χ2v) is 12.8. The number of hydrogen-bond acceptors (Lipinski definition) is 2. The van der Waals surface area contributed by atoms with Crippen LogP contribution in [0.5, 0.6) is 0 Å². The number of thiophene rings is 1. The third-order valence-electron chi connectivity index (χ3n) is 9.23. The molecule has 0 amide bonds. The van der Waals surface area contributed by atoms with Gasteiger partial charge in [0.2, 0.25) is 0 Å². The average Bonchev–Trinajstić information content (AvgIpc) is 3.77. The Balaban J connectivity index is 1.07. The normalized spacial score (nSPS) is 12.0. The van der Waals surface area contributed by atoms with Gasteiger partial charge in [0.25, 0.3) is 0 Å². The number of nitrogens with zero attached hydrogens (tertiary/aromatic N) is 1. The Bertz CT molecular complexity index is 2740. The Morgan fingerprint density at radius 2 is 1.04 bits per heavy atom. The molecular weight excluding hydrogens is 567 g/mol. The van der Waals surface area contributed by atoms with Crippen molar-refractivity contribution in [1.82, 2.24) is 4.57 Å². The van der Waals surface area contributed by atoms with Crippen molar-refractivity contribution in [2.75, 3.05) is 0 Å². The molecule has 0 aliphatic heterocycles. The van der Waals surface area contributed by atoms with E-state index in [1.54, 1.807) is 0 Å². The van der Waals surface area contributed by atoms with Gasteiger partial charge >= 0.3 is 0 Å². The van der Waals surface area contributed by atoms with E-state index in [9.17, 15) is 0 Å². The first-order valence-electron chi connectivity index (χ1n) is 15.3. The molecule has 2 nitrogen and oxygen atoms in total. The molecule has 3 heteroatoms. The van der Waals surface area contributed by atoms with E-state index in [-0.39, 0.29) is 0 Å². The van der Waals surface area contributed by atoms with Crippen molar-refractivity contribution in [3.63, 3.8) is 0 Å². The lowest BCUT2D eigenvalue weighted by Crippen LogP contribution is -1.94. The molecule has 0 atom stereocenters. The number of para-hydroxylation sites is 2. The summed E-state index contributed by atoms with van der Waals surface area (Å²) in [6, 6.07) is 54.8. The number of fused-ring (bicyclic) bond motifs is 10. The number of rotatable bonds is 3. The van der Waals surface area contributed by atoms with Crippen LogP contribution >= 0.6 is 11.3 Å².